The lowest BCUT2D eigenvalue weighted by molar-refractivity contribution is 0.0173. The number of rotatable bonds is 6. The zero-order valence-corrected chi connectivity index (χ0v) is 14.8. The summed E-state index contributed by atoms with van der Waals surface area (Å²) in [5.41, 5.74) is 0.655. The Morgan fingerprint density at radius 3 is 2.75 bits per heavy atom. The molecule has 4 rings (SSSR count). The quantitative estimate of drug-likeness (QED) is 0.392. The van der Waals surface area contributed by atoms with Crippen LogP contribution in [-0.4, -0.2) is 61.2 Å². The number of aliphatic hydroxyl groups is 3. The van der Waals surface area contributed by atoms with Crippen LogP contribution in [0.15, 0.2) is 45.7 Å². The fourth-order valence-electron chi connectivity index (χ4n) is 3.29. The molecule has 0 aliphatic carbocycles. The largest absolute Gasteiger partial charge is 0.487 e. The summed E-state index contributed by atoms with van der Waals surface area (Å²) in [4.78, 5) is 11.4. The van der Waals surface area contributed by atoms with Crippen LogP contribution in [0.25, 0.3) is 11.0 Å². The number of ether oxygens (including phenoxy) is 1. The minimum Gasteiger partial charge on any atom is -0.487 e. The smallest absolute Gasteiger partial charge is 0.336 e. The first kappa shape index (κ1) is 18.6. The van der Waals surface area contributed by atoms with Crippen molar-refractivity contribution in [3.05, 3.63) is 52.6 Å². The molecule has 0 bridgehead atoms. The number of benzene rings is 1. The number of nitrogens with one attached hydrogen (secondary N) is 1. The molecule has 148 valence electrons. The van der Waals surface area contributed by atoms with E-state index in [1.54, 1.807) is 35.1 Å². The summed E-state index contributed by atoms with van der Waals surface area (Å²) in [5, 5.41) is 40.9. The molecule has 10 nitrogen and oxygen atoms in total. The second-order valence-electron chi connectivity index (χ2n) is 6.69. The van der Waals surface area contributed by atoms with Gasteiger partial charge in [-0.25, -0.2) is 9.48 Å². The predicted octanol–water partition coefficient (Wildman–Crippen LogP) is -0.982. The first-order chi connectivity index (χ1) is 13.5. The van der Waals surface area contributed by atoms with E-state index in [0.29, 0.717) is 17.0 Å². The molecule has 0 unspecified atom stereocenters. The van der Waals surface area contributed by atoms with E-state index in [1.807, 2.05) is 0 Å². The second-order valence-corrected chi connectivity index (χ2v) is 6.69. The summed E-state index contributed by atoms with van der Waals surface area (Å²) >= 11 is 0. The van der Waals surface area contributed by atoms with Crippen molar-refractivity contribution in [2.75, 3.05) is 6.61 Å². The second kappa shape index (κ2) is 7.68. The molecule has 0 radical (unpaired) electrons. The zero-order valence-electron chi connectivity index (χ0n) is 14.8. The third-order valence-electron chi connectivity index (χ3n) is 4.85. The Balaban J connectivity index is 1.44. The molecule has 1 aliphatic rings. The van der Waals surface area contributed by atoms with Gasteiger partial charge in [-0.05, 0) is 18.2 Å². The summed E-state index contributed by atoms with van der Waals surface area (Å²) in [6.45, 7) is 0.129. The number of hydrogen-bond donors (Lipinski definition) is 4. The Kier molecular flexibility index (Phi) is 5.09. The van der Waals surface area contributed by atoms with Gasteiger partial charge in [0.1, 0.15) is 17.9 Å². The normalized spacial score (nSPS) is 24.7. The van der Waals surface area contributed by atoms with Crippen LogP contribution < -0.4 is 15.7 Å². The van der Waals surface area contributed by atoms with Gasteiger partial charge in [0.05, 0.1) is 49.3 Å². The maximum absolute atomic E-state index is 11.4. The minimum absolute atomic E-state index is 0.157. The molecule has 4 atom stereocenters. The highest BCUT2D eigenvalue weighted by Crippen LogP contribution is 2.21. The highest BCUT2D eigenvalue weighted by atomic mass is 16.5. The molecule has 28 heavy (non-hydrogen) atoms. The van der Waals surface area contributed by atoms with E-state index in [1.165, 1.54) is 6.07 Å². The number of aromatic nitrogens is 3. The van der Waals surface area contributed by atoms with Crippen molar-refractivity contribution in [3.63, 3.8) is 0 Å². The van der Waals surface area contributed by atoms with Gasteiger partial charge in [-0.15, -0.1) is 5.10 Å². The lowest BCUT2D eigenvalue weighted by Gasteiger charge is -2.17. The van der Waals surface area contributed by atoms with Gasteiger partial charge in [0.25, 0.3) is 0 Å². The van der Waals surface area contributed by atoms with Gasteiger partial charge in [0.2, 0.25) is 0 Å². The first-order valence-corrected chi connectivity index (χ1v) is 8.82. The zero-order chi connectivity index (χ0) is 19.7. The Hall–Kier alpha value is -2.79. The van der Waals surface area contributed by atoms with Gasteiger partial charge in [-0.3, -0.25) is 0 Å². The molecule has 1 saturated heterocycles. The number of aliphatic hydroxyl groups excluding tert-OH is 3. The van der Waals surface area contributed by atoms with Gasteiger partial charge in [-0.1, -0.05) is 5.21 Å². The molecule has 0 amide bonds. The van der Waals surface area contributed by atoms with Crippen LogP contribution in [0.5, 0.6) is 5.75 Å². The van der Waals surface area contributed by atoms with E-state index in [0.717, 1.165) is 5.39 Å². The topological polar surface area (TPSA) is 143 Å². The molecular weight excluding hydrogens is 368 g/mol. The van der Waals surface area contributed by atoms with Crippen molar-refractivity contribution in [3.8, 4) is 5.75 Å². The van der Waals surface area contributed by atoms with Crippen LogP contribution in [0.4, 0.5) is 0 Å². The third-order valence-corrected chi connectivity index (χ3v) is 4.85. The van der Waals surface area contributed by atoms with Crippen LogP contribution >= 0.6 is 0 Å². The highest BCUT2D eigenvalue weighted by molar-refractivity contribution is 5.77. The number of hydrogen-bond acceptors (Lipinski definition) is 9. The Bertz CT molecular complexity index is 1020. The van der Waals surface area contributed by atoms with E-state index < -0.39 is 29.9 Å². The van der Waals surface area contributed by atoms with Crippen molar-refractivity contribution in [1.29, 1.82) is 0 Å². The van der Waals surface area contributed by atoms with Gasteiger partial charge in [0, 0.05) is 17.5 Å². The summed E-state index contributed by atoms with van der Waals surface area (Å²) in [5.74, 6) is 0.518. The lowest BCUT2D eigenvalue weighted by Crippen LogP contribution is -2.38. The maximum atomic E-state index is 11.4. The fourth-order valence-corrected chi connectivity index (χ4v) is 3.29. The van der Waals surface area contributed by atoms with E-state index in [9.17, 15) is 20.1 Å². The molecule has 3 heterocycles. The van der Waals surface area contributed by atoms with Crippen LogP contribution in [0.2, 0.25) is 0 Å². The van der Waals surface area contributed by atoms with E-state index in [2.05, 4.69) is 15.6 Å². The molecule has 1 fully saturated rings. The minimum atomic E-state index is -1.05. The standard InChI is InChI=1S/C18H20N4O6/c23-8-14-18(26)17(25)13(20-14)7-22-11(6-19-21-22)9-27-12-3-1-10-2-4-16(24)28-15(10)5-12/h1-6,13-14,17-18,20,23,25-26H,7-9H2/t13-,14-,17-,18-/m1/s1. The monoisotopic (exact) mass is 388 g/mol. The molecular formula is C18H20N4O6. The highest BCUT2D eigenvalue weighted by Gasteiger charge is 2.40. The molecule has 1 aliphatic heterocycles. The van der Waals surface area contributed by atoms with Gasteiger partial charge in [-0.2, -0.15) is 0 Å². The summed E-state index contributed by atoms with van der Waals surface area (Å²) < 4.78 is 12.5. The summed E-state index contributed by atoms with van der Waals surface area (Å²) in [6.07, 6.45) is -0.536. The van der Waals surface area contributed by atoms with Crippen molar-refractivity contribution in [2.45, 2.75) is 37.4 Å². The maximum Gasteiger partial charge on any atom is 0.336 e. The van der Waals surface area contributed by atoms with Crippen LogP contribution in [0.1, 0.15) is 5.69 Å². The van der Waals surface area contributed by atoms with E-state index in [4.69, 9.17) is 9.15 Å². The first-order valence-electron chi connectivity index (χ1n) is 8.82. The van der Waals surface area contributed by atoms with E-state index >= 15 is 0 Å². The lowest BCUT2D eigenvalue weighted by atomic mass is 10.1. The van der Waals surface area contributed by atoms with Crippen molar-refractivity contribution < 1.29 is 24.5 Å². The summed E-state index contributed by atoms with van der Waals surface area (Å²) in [6, 6.07) is 7.15. The Morgan fingerprint density at radius 2 is 1.96 bits per heavy atom. The molecule has 10 heteroatoms. The Labute approximate surface area is 159 Å². The van der Waals surface area contributed by atoms with E-state index in [-0.39, 0.29) is 19.8 Å². The average molecular weight is 388 g/mol. The summed E-state index contributed by atoms with van der Waals surface area (Å²) in [7, 11) is 0. The molecule has 0 saturated carbocycles. The SMILES string of the molecule is O=c1ccc2ccc(OCc3cnnn3C[C@H]3N[C@H](CO)[C@@H](O)[C@@H]3O)cc2o1. The predicted molar refractivity (Wildman–Crippen MR) is 96.6 cm³/mol. The molecule has 0 spiro atoms. The van der Waals surface area contributed by atoms with Gasteiger partial charge >= 0.3 is 5.63 Å². The molecule has 1 aromatic carbocycles. The van der Waals surface area contributed by atoms with Crippen molar-refractivity contribution in [1.82, 2.24) is 20.3 Å². The van der Waals surface area contributed by atoms with Crippen LogP contribution in [0, 0.1) is 0 Å². The van der Waals surface area contributed by atoms with Crippen molar-refractivity contribution in [2.24, 2.45) is 0 Å². The van der Waals surface area contributed by atoms with Crippen LogP contribution in [0.3, 0.4) is 0 Å². The van der Waals surface area contributed by atoms with Gasteiger partial charge in [0.15, 0.2) is 0 Å². The number of nitrogens with zero attached hydrogens (tertiary/aromatic N) is 3. The van der Waals surface area contributed by atoms with Gasteiger partial charge < -0.3 is 29.8 Å². The van der Waals surface area contributed by atoms with Crippen LogP contribution in [-0.2, 0) is 13.2 Å². The Morgan fingerprint density at radius 1 is 1.18 bits per heavy atom. The van der Waals surface area contributed by atoms with Crippen molar-refractivity contribution >= 4 is 11.0 Å². The average Bonchev–Trinajstić information content (AvgIpc) is 3.25. The molecule has 4 N–H and O–H groups in total. The fraction of sp³-hybridized carbons (Fsp3) is 0.389. The third kappa shape index (κ3) is 3.62. The molecule has 2 aromatic heterocycles. The number of fused-ring (bicyclic) bond motifs is 1. The molecule has 3 aromatic rings.